The van der Waals surface area contributed by atoms with Gasteiger partial charge in [0.2, 0.25) is 0 Å². The van der Waals surface area contributed by atoms with Gasteiger partial charge in [0.05, 0.1) is 18.3 Å². The summed E-state index contributed by atoms with van der Waals surface area (Å²) in [5.74, 6) is -1.45. The number of aliphatic hydroxyl groups excluding tert-OH is 1. The number of ether oxygens (including phenoxy) is 1. The maximum atomic E-state index is 12.7. The molecule has 6 nitrogen and oxygen atoms in total. The normalized spacial score (nSPS) is 14.0. The molecule has 2 amide bonds. The molecule has 1 aliphatic rings. The molecular weight excluding hydrogens is 377 g/mol. The Bertz CT molecular complexity index is 899. The Labute approximate surface area is 158 Å². The van der Waals surface area contributed by atoms with Crippen LogP contribution in [0.1, 0.15) is 22.8 Å². The van der Waals surface area contributed by atoms with Gasteiger partial charge in [0, 0.05) is 18.7 Å². The summed E-state index contributed by atoms with van der Waals surface area (Å²) in [6.45, 7) is 0.343. The lowest BCUT2D eigenvalue weighted by atomic mass is 10.0. The molecule has 148 valence electrons. The Morgan fingerprint density at radius 2 is 1.93 bits per heavy atom. The van der Waals surface area contributed by atoms with Gasteiger partial charge in [0.15, 0.2) is 0 Å². The zero-order chi connectivity index (χ0) is 20.3. The fourth-order valence-electron chi connectivity index (χ4n) is 2.76. The van der Waals surface area contributed by atoms with Gasteiger partial charge >= 0.3 is 18.0 Å². The minimum atomic E-state index is -4.56. The Morgan fingerprint density at radius 1 is 1.14 bits per heavy atom. The van der Waals surface area contributed by atoms with E-state index in [1.165, 1.54) is 6.07 Å². The average Bonchev–Trinajstić information content (AvgIpc) is 3.13. The van der Waals surface area contributed by atoms with Gasteiger partial charge in [0.1, 0.15) is 5.75 Å². The van der Waals surface area contributed by atoms with E-state index in [-0.39, 0.29) is 12.2 Å². The van der Waals surface area contributed by atoms with Crippen LogP contribution >= 0.6 is 0 Å². The van der Waals surface area contributed by atoms with Gasteiger partial charge in [-0.05, 0) is 41.5 Å². The molecular formula is C19H17F3N2O4. The van der Waals surface area contributed by atoms with Gasteiger partial charge in [-0.25, -0.2) is 0 Å². The zero-order valence-electron chi connectivity index (χ0n) is 14.5. The largest absolute Gasteiger partial charge is 0.493 e. The van der Waals surface area contributed by atoms with E-state index in [1.54, 1.807) is 18.2 Å². The molecule has 0 aliphatic carbocycles. The number of fused-ring (bicyclic) bond motifs is 1. The second-order valence-corrected chi connectivity index (χ2v) is 6.22. The number of aliphatic hydroxyl groups is 1. The van der Waals surface area contributed by atoms with Crippen LogP contribution in [0.25, 0.3) is 0 Å². The maximum Gasteiger partial charge on any atom is 0.416 e. The highest BCUT2D eigenvalue weighted by Crippen LogP contribution is 2.30. The van der Waals surface area contributed by atoms with Crippen LogP contribution in [0.3, 0.4) is 0 Å². The lowest BCUT2D eigenvalue weighted by Crippen LogP contribution is -2.37. The molecule has 3 rings (SSSR count). The van der Waals surface area contributed by atoms with Crippen molar-refractivity contribution in [3.05, 3.63) is 59.2 Å². The quantitative estimate of drug-likeness (QED) is 0.695. The summed E-state index contributed by atoms with van der Waals surface area (Å²) in [5, 5.41) is 14.5. The number of alkyl halides is 3. The topological polar surface area (TPSA) is 87.7 Å². The van der Waals surface area contributed by atoms with E-state index in [0.717, 1.165) is 35.9 Å². The Balaban J connectivity index is 1.55. The average molecular weight is 394 g/mol. The number of hydrogen-bond donors (Lipinski definition) is 3. The highest BCUT2D eigenvalue weighted by atomic mass is 19.4. The standard InChI is InChI=1S/C19H17F3N2O4/c20-19(21,22)13-2-1-3-14(9-13)24-18(27)17(26)23-10-15(25)11-4-5-16-12(8-11)6-7-28-16/h1-5,8-9,15,25H,6-7,10H2,(H,23,26)(H,24,27)/t15-/m1/s1. The van der Waals surface area contributed by atoms with E-state index < -0.39 is 29.7 Å². The van der Waals surface area contributed by atoms with Crippen molar-refractivity contribution in [2.24, 2.45) is 0 Å². The molecule has 0 radical (unpaired) electrons. The van der Waals surface area contributed by atoms with Crippen molar-refractivity contribution >= 4 is 17.5 Å². The third kappa shape index (κ3) is 4.61. The van der Waals surface area contributed by atoms with Gasteiger partial charge in [-0.3, -0.25) is 9.59 Å². The summed E-state index contributed by atoms with van der Waals surface area (Å²) in [6, 6.07) is 9.09. The van der Waals surface area contributed by atoms with Gasteiger partial charge in [-0.2, -0.15) is 13.2 Å². The number of anilines is 1. The maximum absolute atomic E-state index is 12.7. The number of benzene rings is 2. The van der Waals surface area contributed by atoms with Gasteiger partial charge < -0.3 is 20.5 Å². The van der Waals surface area contributed by atoms with Crippen molar-refractivity contribution < 1.29 is 32.6 Å². The third-order valence-electron chi connectivity index (χ3n) is 4.21. The smallest absolute Gasteiger partial charge is 0.416 e. The predicted molar refractivity (Wildman–Crippen MR) is 93.7 cm³/mol. The fraction of sp³-hybridized carbons (Fsp3) is 0.263. The summed E-state index contributed by atoms with van der Waals surface area (Å²) in [4.78, 5) is 23.7. The molecule has 2 aromatic carbocycles. The molecule has 0 aromatic heterocycles. The summed E-state index contributed by atoms with van der Waals surface area (Å²) >= 11 is 0. The van der Waals surface area contributed by atoms with Crippen molar-refractivity contribution in [3.8, 4) is 5.75 Å². The van der Waals surface area contributed by atoms with Crippen LogP contribution in [-0.4, -0.2) is 30.1 Å². The number of hydrogen-bond acceptors (Lipinski definition) is 4. The van der Waals surface area contributed by atoms with Crippen LogP contribution in [-0.2, 0) is 22.2 Å². The monoisotopic (exact) mass is 394 g/mol. The van der Waals surface area contributed by atoms with Gasteiger partial charge in [-0.1, -0.05) is 12.1 Å². The Kier molecular flexibility index (Phi) is 5.55. The van der Waals surface area contributed by atoms with Crippen LogP contribution in [0, 0.1) is 0 Å². The molecule has 9 heteroatoms. The first-order chi connectivity index (χ1) is 13.2. The number of nitrogens with one attached hydrogen (secondary N) is 2. The second-order valence-electron chi connectivity index (χ2n) is 6.22. The minimum absolute atomic E-state index is 0.158. The summed E-state index contributed by atoms with van der Waals surface area (Å²) in [5.41, 5.74) is 0.406. The van der Waals surface area contributed by atoms with E-state index in [1.807, 2.05) is 0 Å². The van der Waals surface area contributed by atoms with Crippen LogP contribution in [0.5, 0.6) is 5.75 Å². The molecule has 0 bridgehead atoms. The molecule has 3 N–H and O–H groups in total. The molecule has 0 saturated heterocycles. The second kappa shape index (κ2) is 7.89. The van der Waals surface area contributed by atoms with Crippen LogP contribution in [0.15, 0.2) is 42.5 Å². The van der Waals surface area contributed by atoms with Crippen LogP contribution < -0.4 is 15.4 Å². The van der Waals surface area contributed by atoms with E-state index in [9.17, 15) is 27.9 Å². The first kappa shape index (κ1) is 19.7. The molecule has 28 heavy (non-hydrogen) atoms. The van der Waals surface area contributed by atoms with Gasteiger partial charge in [0.25, 0.3) is 0 Å². The zero-order valence-corrected chi connectivity index (χ0v) is 14.5. The first-order valence-electron chi connectivity index (χ1n) is 8.44. The number of carbonyl (C=O) groups excluding carboxylic acids is 2. The molecule has 0 spiro atoms. The van der Waals surface area contributed by atoms with Gasteiger partial charge in [-0.15, -0.1) is 0 Å². The number of rotatable bonds is 4. The lowest BCUT2D eigenvalue weighted by molar-refractivity contribution is -0.137. The SMILES string of the molecule is O=C(NC[C@@H](O)c1ccc2c(c1)CCO2)C(=O)Nc1cccc(C(F)(F)F)c1. The molecule has 1 heterocycles. The molecule has 2 aromatic rings. The first-order valence-corrected chi connectivity index (χ1v) is 8.44. The Hall–Kier alpha value is -3.07. The van der Waals surface area contributed by atoms with Crippen molar-refractivity contribution in [3.63, 3.8) is 0 Å². The summed E-state index contributed by atoms with van der Waals surface area (Å²) in [7, 11) is 0. The van der Waals surface area contributed by atoms with Crippen LogP contribution in [0.4, 0.5) is 18.9 Å². The summed E-state index contributed by atoms with van der Waals surface area (Å²) < 4.78 is 43.4. The van der Waals surface area contributed by atoms with Crippen molar-refractivity contribution in [2.45, 2.75) is 18.7 Å². The van der Waals surface area contributed by atoms with E-state index in [4.69, 9.17) is 4.74 Å². The van der Waals surface area contributed by atoms with E-state index in [2.05, 4.69) is 10.6 Å². The number of amides is 2. The molecule has 1 aliphatic heterocycles. The highest BCUT2D eigenvalue weighted by Gasteiger charge is 2.30. The molecule has 1 atom stereocenters. The highest BCUT2D eigenvalue weighted by molar-refractivity contribution is 6.39. The van der Waals surface area contributed by atoms with Crippen molar-refractivity contribution in [1.82, 2.24) is 5.32 Å². The molecule has 0 saturated carbocycles. The molecule has 0 fully saturated rings. The lowest BCUT2D eigenvalue weighted by Gasteiger charge is -2.13. The van der Waals surface area contributed by atoms with E-state index >= 15 is 0 Å². The number of carbonyl (C=O) groups is 2. The third-order valence-corrected chi connectivity index (χ3v) is 4.21. The Morgan fingerprint density at radius 3 is 2.68 bits per heavy atom. The molecule has 0 unspecified atom stereocenters. The van der Waals surface area contributed by atoms with Crippen molar-refractivity contribution in [2.75, 3.05) is 18.5 Å². The summed E-state index contributed by atoms with van der Waals surface area (Å²) in [6.07, 6.45) is -4.88. The fourth-order valence-corrected chi connectivity index (χ4v) is 2.76. The predicted octanol–water partition coefficient (Wildman–Crippen LogP) is 2.43. The minimum Gasteiger partial charge on any atom is -0.493 e. The number of halogens is 3. The van der Waals surface area contributed by atoms with Crippen molar-refractivity contribution in [1.29, 1.82) is 0 Å². The van der Waals surface area contributed by atoms with Crippen LogP contribution in [0.2, 0.25) is 0 Å². The van der Waals surface area contributed by atoms with E-state index in [0.29, 0.717) is 12.2 Å².